The Labute approximate surface area is 127 Å². The summed E-state index contributed by atoms with van der Waals surface area (Å²) < 4.78 is 27.5. The standard InChI is InChI=1S/C17H28F2N2/c1-7-20-15(11-21(6)12(2)17(3,4)5)13-9-8-10-14(18)16(13)19/h8-10,12,15,20H,7,11H2,1-6H3. The van der Waals surface area contributed by atoms with Crippen molar-refractivity contribution in [1.82, 2.24) is 10.2 Å². The monoisotopic (exact) mass is 298 g/mol. The summed E-state index contributed by atoms with van der Waals surface area (Å²) in [4.78, 5) is 2.19. The summed E-state index contributed by atoms with van der Waals surface area (Å²) >= 11 is 0. The van der Waals surface area contributed by atoms with Crippen LogP contribution in [-0.4, -0.2) is 31.1 Å². The molecule has 4 heteroatoms. The van der Waals surface area contributed by atoms with Gasteiger partial charge >= 0.3 is 0 Å². The van der Waals surface area contributed by atoms with Gasteiger partial charge in [0, 0.05) is 24.2 Å². The minimum Gasteiger partial charge on any atom is -0.309 e. The van der Waals surface area contributed by atoms with Crippen molar-refractivity contribution in [1.29, 1.82) is 0 Å². The third-order valence-corrected chi connectivity index (χ3v) is 4.19. The van der Waals surface area contributed by atoms with Gasteiger partial charge in [0.05, 0.1) is 0 Å². The van der Waals surface area contributed by atoms with Crippen molar-refractivity contribution >= 4 is 0 Å². The van der Waals surface area contributed by atoms with Gasteiger partial charge in [-0.05, 0) is 32.0 Å². The molecule has 0 fully saturated rings. The molecule has 1 N–H and O–H groups in total. The first kappa shape index (κ1) is 18.1. The molecule has 2 nitrogen and oxygen atoms in total. The van der Waals surface area contributed by atoms with Gasteiger partial charge in [-0.1, -0.05) is 39.8 Å². The quantitative estimate of drug-likeness (QED) is 0.854. The molecule has 0 aromatic heterocycles. The van der Waals surface area contributed by atoms with Gasteiger partial charge in [-0.3, -0.25) is 0 Å². The van der Waals surface area contributed by atoms with Crippen LogP contribution in [0.15, 0.2) is 18.2 Å². The minimum absolute atomic E-state index is 0.131. The van der Waals surface area contributed by atoms with Gasteiger partial charge < -0.3 is 10.2 Å². The fourth-order valence-electron chi connectivity index (χ4n) is 2.42. The zero-order chi connectivity index (χ0) is 16.2. The lowest BCUT2D eigenvalue weighted by Crippen LogP contribution is -2.43. The van der Waals surface area contributed by atoms with Crippen LogP contribution in [0.2, 0.25) is 0 Å². The Balaban J connectivity index is 2.95. The number of nitrogens with one attached hydrogen (secondary N) is 1. The van der Waals surface area contributed by atoms with E-state index in [2.05, 4.69) is 37.9 Å². The van der Waals surface area contributed by atoms with Crippen LogP contribution < -0.4 is 5.32 Å². The van der Waals surface area contributed by atoms with Crippen molar-refractivity contribution in [2.45, 2.75) is 46.7 Å². The number of benzene rings is 1. The number of hydrogen-bond donors (Lipinski definition) is 1. The molecule has 0 aliphatic rings. The Kier molecular flexibility index (Phi) is 6.29. The number of hydrogen-bond acceptors (Lipinski definition) is 2. The smallest absolute Gasteiger partial charge is 0.163 e. The molecule has 21 heavy (non-hydrogen) atoms. The molecule has 1 rings (SSSR count). The molecule has 0 radical (unpaired) electrons. The largest absolute Gasteiger partial charge is 0.309 e. The van der Waals surface area contributed by atoms with E-state index in [0.717, 1.165) is 6.07 Å². The van der Waals surface area contributed by atoms with Crippen LogP contribution in [0.4, 0.5) is 8.78 Å². The van der Waals surface area contributed by atoms with Gasteiger partial charge in [-0.2, -0.15) is 0 Å². The lowest BCUT2D eigenvalue weighted by atomic mass is 9.87. The molecular formula is C17H28F2N2. The van der Waals surface area contributed by atoms with E-state index in [4.69, 9.17) is 0 Å². The molecule has 0 aliphatic carbocycles. The van der Waals surface area contributed by atoms with Crippen molar-refractivity contribution in [2.24, 2.45) is 5.41 Å². The van der Waals surface area contributed by atoms with E-state index in [1.165, 1.54) is 0 Å². The van der Waals surface area contributed by atoms with Crippen LogP contribution >= 0.6 is 0 Å². The van der Waals surface area contributed by atoms with Crippen LogP contribution in [0.3, 0.4) is 0 Å². The first-order valence-electron chi connectivity index (χ1n) is 7.56. The predicted octanol–water partition coefficient (Wildman–Crippen LogP) is 3.98. The van der Waals surface area contributed by atoms with Gasteiger partial charge in [0.1, 0.15) is 0 Å². The van der Waals surface area contributed by atoms with E-state index >= 15 is 0 Å². The van der Waals surface area contributed by atoms with E-state index in [9.17, 15) is 8.78 Å². The molecule has 0 heterocycles. The molecule has 1 aromatic carbocycles. The van der Waals surface area contributed by atoms with Crippen molar-refractivity contribution in [3.8, 4) is 0 Å². The SMILES string of the molecule is CCNC(CN(C)C(C)C(C)(C)C)c1cccc(F)c1F. The lowest BCUT2D eigenvalue weighted by molar-refractivity contribution is 0.128. The average Bonchev–Trinajstić information content (AvgIpc) is 2.39. The van der Waals surface area contributed by atoms with Crippen LogP contribution in [0.1, 0.15) is 46.2 Å². The molecular weight excluding hydrogens is 270 g/mol. The highest BCUT2D eigenvalue weighted by Crippen LogP contribution is 2.26. The van der Waals surface area contributed by atoms with Crippen molar-refractivity contribution in [2.75, 3.05) is 20.1 Å². The first-order chi connectivity index (χ1) is 9.68. The van der Waals surface area contributed by atoms with E-state index in [0.29, 0.717) is 24.7 Å². The maximum atomic E-state index is 14.0. The van der Waals surface area contributed by atoms with Crippen molar-refractivity contribution < 1.29 is 8.78 Å². The van der Waals surface area contributed by atoms with Crippen molar-refractivity contribution in [3.05, 3.63) is 35.4 Å². The van der Waals surface area contributed by atoms with Gasteiger partial charge in [0.25, 0.3) is 0 Å². The summed E-state index contributed by atoms with van der Waals surface area (Å²) in [5.41, 5.74) is 0.524. The second-order valence-corrected chi connectivity index (χ2v) is 6.73. The Morgan fingerprint density at radius 1 is 1.24 bits per heavy atom. The van der Waals surface area contributed by atoms with Crippen LogP contribution in [0.25, 0.3) is 0 Å². The van der Waals surface area contributed by atoms with Crippen LogP contribution in [0, 0.1) is 17.0 Å². The van der Waals surface area contributed by atoms with E-state index in [-0.39, 0.29) is 11.5 Å². The van der Waals surface area contributed by atoms with E-state index in [1.807, 2.05) is 14.0 Å². The fraction of sp³-hybridized carbons (Fsp3) is 0.647. The number of nitrogens with zero attached hydrogens (tertiary/aromatic N) is 1. The summed E-state index contributed by atoms with van der Waals surface area (Å²) in [5.74, 6) is -1.54. The highest BCUT2D eigenvalue weighted by atomic mass is 19.2. The molecule has 0 aliphatic heterocycles. The van der Waals surface area contributed by atoms with Gasteiger partial charge in [0.2, 0.25) is 0 Å². The van der Waals surface area contributed by atoms with Crippen molar-refractivity contribution in [3.63, 3.8) is 0 Å². The summed E-state index contributed by atoms with van der Waals surface area (Å²) in [6.07, 6.45) is 0. The highest BCUT2D eigenvalue weighted by molar-refractivity contribution is 5.23. The third kappa shape index (κ3) is 4.75. The summed E-state index contributed by atoms with van der Waals surface area (Å²) in [5, 5.41) is 3.26. The summed E-state index contributed by atoms with van der Waals surface area (Å²) in [6.45, 7) is 12.0. The summed E-state index contributed by atoms with van der Waals surface area (Å²) in [7, 11) is 2.03. The Hall–Kier alpha value is -1.00. The van der Waals surface area contributed by atoms with Crippen LogP contribution in [0.5, 0.6) is 0 Å². The molecule has 2 atom stereocenters. The number of halogens is 2. The Bertz CT molecular complexity index is 455. The van der Waals surface area contributed by atoms with Crippen LogP contribution in [-0.2, 0) is 0 Å². The lowest BCUT2D eigenvalue weighted by Gasteiger charge is -2.37. The summed E-state index contributed by atoms with van der Waals surface area (Å²) in [6, 6.07) is 4.48. The second kappa shape index (κ2) is 7.32. The zero-order valence-electron chi connectivity index (χ0n) is 14.0. The second-order valence-electron chi connectivity index (χ2n) is 6.73. The molecule has 0 spiro atoms. The maximum absolute atomic E-state index is 14.0. The highest BCUT2D eigenvalue weighted by Gasteiger charge is 2.27. The van der Waals surface area contributed by atoms with Gasteiger partial charge in [0.15, 0.2) is 11.6 Å². The van der Waals surface area contributed by atoms with E-state index in [1.54, 1.807) is 12.1 Å². The molecule has 0 saturated heterocycles. The normalized spacial score (nSPS) is 15.3. The molecule has 120 valence electrons. The molecule has 2 unspecified atom stereocenters. The van der Waals surface area contributed by atoms with Gasteiger partial charge in [-0.25, -0.2) is 8.78 Å². The maximum Gasteiger partial charge on any atom is 0.163 e. The number of likely N-dealkylation sites (N-methyl/N-ethyl adjacent to an activating group) is 2. The number of rotatable bonds is 6. The molecule has 0 saturated carbocycles. The van der Waals surface area contributed by atoms with E-state index < -0.39 is 11.6 Å². The Morgan fingerprint density at radius 3 is 2.38 bits per heavy atom. The molecule has 0 amide bonds. The first-order valence-corrected chi connectivity index (χ1v) is 7.56. The van der Waals surface area contributed by atoms with Gasteiger partial charge in [-0.15, -0.1) is 0 Å². The zero-order valence-corrected chi connectivity index (χ0v) is 14.0. The fourth-order valence-corrected chi connectivity index (χ4v) is 2.42. The third-order valence-electron chi connectivity index (χ3n) is 4.19. The topological polar surface area (TPSA) is 15.3 Å². The minimum atomic E-state index is -0.790. The molecule has 1 aromatic rings. The predicted molar refractivity (Wildman–Crippen MR) is 84.3 cm³/mol. The molecule has 0 bridgehead atoms. The average molecular weight is 298 g/mol. The Morgan fingerprint density at radius 2 is 1.86 bits per heavy atom.